The lowest BCUT2D eigenvalue weighted by Crippen LogP contribution is -2.23. The summed E-state index contributed by atoms with van der Waals surface area (Å²) in [5.41, 5.74) is 5.71. The second kappa shape index (κ2) is 8.48. The van der Waals surface area contributed by atoms with Gasteiger partial charge in [-0.25, -0.2) is 0 Å². The number of carbonyl (C=O) groups excluding carboxylic acids is 2. The van der Waals surface area contributed by atoms with Crippen LogP contribution >= 0.6 is 0 Å². The zero-order valence-corrected chi connectivity index (χ0v) is 16.2. The molecule has 5 nitrogen and oxygen atoms in total. The molecule has 1 heterocycles. The summed E-state index contributed by atoms with van der Waals surface area (Å²) in [6.07, 6.45) is 2.91. The number of nitrogens with one attached hydrogen (secondary N) is 2. The van der Waals surface area contributed by atoms with Gasteiger partial charge in [-0.05, 0) is 55.7 Å². The van der Waals surface area contributed by atoms with Gasteiger partial charge in [-0.15, -0.1) is 0 Å². The number of aromatic nitrogens is 1. The summed E-state index contributed by atoms with van der Waals surface area (Å²) >= 11 is 0. The molecule has 0 atom stereocenters. The average molecular weight is 373 g/mol. The lowest BCUT2D eigenvalue weighted by molar-refractivity contribution is 0.0950. The van der Waals surface area contributed by atoms with Crippen molar-refractivity contribution in [2.24, 2.45) is 0 Å². The fraction of sp³-hybridized carbons (Fsp3) is 0.174. The molecule has 5 heteroatoms. The zero-order chi connectivity index (χ0) is 20.1. The van der Waals surface area contributed by atoms with Gasteiger partial charge in [-0.1, -0.05) is 35.9 Å². The zero-order valence-electron chi connectivity index (χ0n) is 16.2. The van der Waals surface area contributed by atoms with Crippen LogP contribution in [0.4, 0.5) is 5.69 Å². The van der Waals surface area contributed by atoms with Crippen LogP contribution in [0.5, 0.6) is 0 Å². The van der Waals surface area contributed by atoms with Crippen molar-refractivity contribution in [2.75, 3.05) is 5.32 Å². The fourth-order valence-corrected chi connectivity index (χ4v) is 2.93. The predicted octanol–water partition coefficient (Wildman–Crippen LogP) is 4.19. The molecule has 0 saturated carbocycles. The third-order valence-corrected chi connectivity index (χ3v) is 4.32. The van der Waals surface area contributed by atoms with Gasteiger partial charge in [-0.2, -0.15) is 0 Å². The van der Waals surface area contributed by atoms with Gasteiger partial charge < -0.3 is 10.6 Å². The Kier molecular flexibility index (Phi) is 5.84. The van der Waals surface area contributed by atoms with Crippen molar-refractivity contribution in [1.82, 2.24) is 10.3 Å². The Morgan fingerprint density at radius 2 is 1.39 bits per heavy atom. The minimum absolute atomic E-state index is 0.269. The Labute approximate surface area is 164 Å². The summed E-state index contributed by atoms with van der Waals surface area (Å²) in [6, 6.07) is 15.3. The van der Waals surface area contributed by atoms with E-state index in [4.69, 9.17) is 0 Å². The molecule has 142 valence electrons. The van der Waals surface area contributed by atoms with Crippen LogP contribution in [0.15, 0.2) is 60.9 Å². The standard InChI is InChI=1S/C23H23N3O2/c1-15-4-6-18(7-5-15)12-25-22(27)19-11-20(14-24-13-19)23(28)26-21-9-16(2)8-17(3)10-21/h4-11,13-14H,12H2,1-3H3,(H,25,27)(H,26,28). The van der Waals surface area contributed by atoms with Crippen molar-refractivity contribution < 1.29 is 9.59 Å². The van der Waals surface area contributed by atoms with E-state index in [0.717, 1.165) is 22.4 Å². The molecule has 2 N–H and O–H groups in total. The number of carbonyl (C=O) groups is 2. The predicted molar refractivity (Wildman–Crippen MR) is 110 cm³/mol. The summed E-state index contributed by atoms with van der Waals surface area (Å²) in [5, 5.41) is 5.71. The van der Waals surface area contributed by atoms with Crippen LogP contribution in [0.25, 0.3) is 0 Å². The maximum atomic E-state index is 12.5. The maximum absolute atomic E-state index is 12.5. The average Bonchev–Trinajstić information content (AvgIpc) is 2.66. The Hall–Kier alpha value is -3.47. The first-order chi connectivity index (χ1) is 13.4. The first kappa shape index (κ1) is 19.3. The van der Waals surface area contributed by atoms with Crippen LogP contribution in [-0.2, 0) is 6.54 Å². The molecule has 0 radical (unpaired) electrons. The highest BCUT2D eigenvalue weighted by molar-refractivity contribution is 6.05. The molecular formula is C23H23N3O2. The van der Waals surface area contributed by atoms with Crippen molar-refractivity contribution in [3.8, 4) is 0 Å². The maximum Gasteiger partial charge on any atom is 0.257 e. The monoisotopic (exact) mass is 373 g/mol. The molecule has 0 saturated heterocycles. The molecule has 2 aromatic carbocycles. The van der Waals surface area contributed by atoms with E-state index in [9.17, 15) is 9.59 Å². The first-order valence-electron chi connectivity index (χ1n) is 9.09. The Morgan fingerprint density at radius 1 is 0.786 bits per heavy atom. The molecule has 28 heavy (non-hydrogen) atoms. The second-order valence-corrected chi connectivity index (χ2v) is 6.96. The number of hydrogen-bond donors (Lipinski definition) is 2. The van der Waals surface area contributed by atoms with E-state index in [2.05, 4.69) is 15.6 Å². The third kappa shape index (κ3) is 5.04. The summed E-state index contributed by atoms with van der Waals surface area (Å²) < 4.78 is 0. The quantitative estimate of drug-likeness (QED) is 0.704. The number of aryl methyl sites for hydroxylation is 3. The highest BCUT2D eigenvalue weighted by Crippen LogP contribution is 2.15. The highest BCUT2D eigenvalue weighted by Gasteiger charge is 2.12. The van der Waals surface area contributed by atoms with Crippen LogP contribution in [0.1, 0.15) is 43.0 Å². The smallest absolute Gasteiger partial charge is 0.257 e. The number of anilines is 1. The van der Waals surface area contributed by atoms with Gasteiger partial charge in [0.15, 0.2) is 0 Å². The van der Waals surface area contributed by atoms with Gasteiger partial charge in [0.1, 0.15) is 0 Å². The molecule has 0 aliphatic carbocycles. The van der Waals surface area contributed by atoms with E-state index in [1.807, 2.05) is 63.2 Å². The third-order valence-electron chi connectivity index (χ3n) is 4.32. The molecule has 0 unspecified atom stereocenters. The molecule has 0 spiro atoms. The van der Waals surface area contributed by atoms with Gasteiger partial charge in [0.2, 0.25) is 0 Å². The second-order valence-electron chi connectivity index (χ2n) is 6.96. The van der Waals surface area contributed by atoms with Crippen LogP contribution in [0.2, 0.25) is 0 Å². The molecule has 3 rings (SSSR count). The summed E-state index contributed by atoms with van der Waals surface area (Å²) in [5.74, 6) is -0.570. The van der Waals surface area contributed by atoms with Crippen molar-refractivity contribution in [1.29, 1.82) is 0 Å². The fourth-order valence-electron chi connectivity index (χ4n) is 2.93. The number of benzene rings is 2. The van der Waals surface area contributed by atoms with Crippen molar-refractivity contribution in [2.45, 2.75) is 27.3 Å². The first-order valence-corrected chi connectivity index (χ1v) is 9.09. The van der Waals surface area contributed by atoms with Gasteiger partial charge in [0.05, 0.1) is 11.1 Å². The minimum atomic E-state index is -0.300. The number of hydrogen-bond acceptors (Lipinski definition) is 3. The topological polar surface area (TPSA) is 71.1 Å². The molecule has 0 fully saturated rings. The summed E-state index contributed by atoms with van der Waals surface area (Å²) in [6.45, 7) is 6.38. The SMILES string of the molecule is Cc1ccc(CNC(=O)c2cncc(C(=O)Nc3cc(C)cc(C)c3)c2)cc1. The highest BCUT2D eigenvalue weighted by atomic mass is 16.2. The molecule has 0 aliphatic rings. The number of rotatable bonds is 5. The van der Waals surface area contributed by atoms with Crippen LogP contribution in [-0.4, -0.2) is 16.8 Å². The number of amides is 2. The largest absolute Gasteiger partial charge is 0.348 e. The van der Waals surface area contributed by atoms with Crippen molar-refractivity contribution in [3.05, 3.63) is 94.3 Å². The molecule has 1 aromatic heterocycles. The van der Waals surface area contributed by atoms with Gasteiger partial charge in [0, 0.05) is 24.6 Å². The molecule has 3 aromatic rings. The van der Waals surface area contributed by atoms with Crippen LogP contribution in [0, 0.1) is 20.8 Å². The minimum Gasteiger partial charge on any atom is -0.348 e. The summed E-state index contributed by atoms with van der Waals surface area (Å²) in [7, 11) is 0. The van der Waals surface area contributed by atoms with Crippen molar-refractivity contribution >= 4 is 17.5 Å². The number of nitrogens with zero attached hydrogens (tertiary/aromatic N) is 1. The van der Waals surface area contributed by atoms with Crippen LogP contribution in [0.3, 0.4) is 0 Å². The van der Waals surface area contributed by atoms with E-state index in [0.29, 0.717) is 17.7 Å². The van der Waals surface area contributed by atoms with E-state index < -0.39 is 0 Å². The van der Waals surface area contributed by atoms with Gasteiger partial charge >= 0.3 is 0 Å². The van der Waals surface area contributed by atoms with Crippen molar-refractivity contribution in [3.63, 3.8) is 0 Å². The molecular weight excluding hydrogens is 350 g/mol. The van der Waals surface area contributed by atoms with Crippen LogP contribution < -0.4 is 10.6 Å². The van der Waals surface area contributed by atoms with E-state index in [1.54, 1.807) is 6.07 Å². The molecule has 0 aliphatic heterocycles. The Morgan fingerprint density at radius 3 is 2.04 bits per heavy atom. The number of pyridine rings is 1. The van der Waals surface area contributed by atoms with E-state index in [-0.39, 0.29) is 11.8 Å². The van der Waals surface area contributed by atoms with E-state index >= 15 is 0 Å². The summed E-state index contributed by atoms with van der Waals surface area (Å²) in [4.78, 5) is 29.0. The van der Waals surface area contributed by atoms with Gasteiger partial charge in [0.25, 0.3) is 11.8 Å². The Balaban J connectivity index is 1.67. The van der Waals surface area contributed by atoms with Gasteiger partial charge in [-0.3, -0.25) is 14.6 Å². The Bertz CT molecular complexity index is 990. The molecule has 2 amide bonds. The lowest BCUT2D eigenvalue weighted by Gasteiger charge is -2.09. The normalized spacial score (nSPS) is 10.4. The molecule has 0 bridgehead atoms. The van der Waals surface area contributed by atoms with E-state index in [1.165, 1.54) is 18.0 Å². The lowest BCUT2D eigenvalue weighted by atomic mass is 10.1.